The van der Waals surface area contributed by atoms with Gasteiger partial charge < -0.3 is 9.52 Å². The second-order valence-electron chi connectivity index (χ2n) is 2.40. The highest BCUT2D eigenvalue weighted by Gasteiger charge is 2.16. The van der Waals surface area contributed by atoms with Crippen LogP contribution in [0, 0.1) is 0 Å². The van der Waals surface area contributed by atoms with Crippen molar-refractivity contribution in [1.82, 2.24) is 4.98 Å². The van der Waals surface area contributed by atoms with Gasteiger partial charge in [0.25, 0.3) is 0 Å². The number of oxazole rings is 1. The number of aromatic nitrogens is 1. The zero-order chi connectivity index (χ0) is 9.14. The molecule has 0 spiro atoms. The molecule has 1 heterocycles. The summed E-state index contributed by atoms with van der Waals surface area (Å²) in [5.41, 5.74) is 0.527. The Hall–Kier alpha value is -1.32. The molecule has 0 radical (unpaired) electrons. The van der Waals surface area contributed by atoms with Gasteiger partial charge in [0.1, 0.15) is 0 Å². The summed E-state index contributed by atoms with van der Waals surface area (Å²) in [6.07, 6.45) is 1.21. The number of carbonyl (C=O) groups is 1. The van der Waals surface area contributed by atoms with E-state index >= 15 is 0 Å². The average Bonchev–Trinajstić information content (AvgIpc) is 2.47. The van der Waals surface area contributed by atoms with E-state index in [1.165, 1.54) is 0 Å². The SMILES string of the molecule is CCc1nc(CC)c(C(=O)O)o1. The predicted molar refractivity (Wildman–Crippen MR) is 42.2 cm³/mol. The van der Waals surface area contributed by atoms with Crippen LogP contribution >= 0.6 is 0 Å². The lowest BCUT2D eigenvalue weighted by Gasteiger charge is -1.88. The Balaban J connectivity index is 3.08. The van der Waals surface area contributed by atoms with E-state index in [1.54, 1.807) is 0 Å². The number of aromatic carboxylic acids is 1. The first-order valence-corrected chi connectivity index (χ1v) is 3.90. The van der Waals surface area contributed by atoms with Crippen LogP contribution in [0.3, 0.4) is 0 Å². The van der Waals surface area contributed by atoms with Crippen molar-refractivity contribution in [1.29, 1.82) is 0 Å². The summed E-state index contributed by atoms with van der Waals surface area (Å²) in [6, 6.07) is 0. The van der Waals surface area contributed by atoms with Crippen LogP contribution in [-0.2, 0) is 12.8 Å². The Kier molecular flexibility index (Phi) is 2.47. The van der Waals surface area contributed by atoms with Crippen molar-refractivity contribution in [3.05, 3.63) is 17.3 Å². The van der Waals surface area contributed by atoms with Crippen molar-refractivity contribution in [3.63, 3.8) is 0 Å². The summed E-state index contributed by atoms with van der Waals surface area (Å²) in [5, 5.41) is 8.67. The fourth-order valence-corrected chi connectivity index (χ4v) is 0.959. The van der Waals surface area contributed by atoms with E-state index in [2.05, 4.69) is 4.98 Å². The summed E-state index contributed by atoms with van der Waals surface area (Å²) in [6.45, 7) is 3.72. The second kappa shape index (κ2) is 3.38. The molecule has 1 N–H and O–H groups in total. The van der Waals surface area contributed by atoms with E-state index in [0.717, 1.165) is 0 Å². The van der Waals surface area contributed by atoms with E-state index in [9.17, 15) is 4.79 Å². The predicted octanol–water partition coefficient (Wildman–Crippen LogP) is 1.50. The van der Waals surface area contributed by atoms with Crippen LogP contribution in [0.25, 0.3) is 0 Å². The molecule has 0 fully saturated rings. The number of hydrogen-bond donors (Lipinski definition) is 1. The van der Waals surface area contributed by atoms with Crippen molar-refractivity contribution >= 4 is 5.97 Å². The topological polar surface area (TPSA) is 63.3 Å². The first kappa shape index (κ1) is 8.77. The van der Waals surface area contributed by atoms with Crippen LogP contribution in [0.1, 0.15) is 36.0 Å². The molecule has 0 aliphatic heterocycles. The Labute approximate surface area is 70.2 Å². The van der Waals surface area contributed by atoms with Gasteiger partial charge in [-0.05, 0) is 6.42 Å². The largest absolute Gasteiger partial charge is 0.475 e. The van der Waals surface area contributed by atoms with Gasteiger partial charge >= 0.3 is 5.97 Å². The minimum absolute atomic E-state index is 0.0191. The summed E-state index contributed by atoms with van der Waals surface area (Å²) in [7, 11) is 0. The number of rotatable bonds is 3. The van der Waals surface area contributed by atoms with Gasteiger partial charge in [-0.1, -0.05) is 13.8 Å². The highest BCUT2D eigenvalue weighted by Crippen LogP contribution is 2.11. The number of carboxylic acids is 1. The molecule has 0 amide bonds. The van der Waals surface area contributed by atoms with Gasteiger partial charge in [0.15, 0.2) is 5.89 Å². The van der Waals surface area contributed by atoms with Crippen LogP contribution < -0.4 is 0 Å². The minimum atomic E-state index is -1.04. The molecule has 0 saturated heterocycles. The zero-order valence-corrected chi connectivity index (χ0v) is 7.13. The molecule has 0 saturated carbocycles. The van der Waals surface area contributed by atoms with Crippen LogP contribution in [0.15, 0.2) is 4.42 Å². The van der Waals surface area contributed by atoms with Gasteiger partial charge in [-0.25, -0.2) is 9.78 Å². The lowest BCUT2D eigenvalue weighted by atomic mass is 10.3. The summed E-state index contributed by atoms with van der Waals surface area (Å²) in [5.74, 6) is -0.572. The molecule has 4 nitrogen and oxygen atoms in total. The normalized spacial score (nSPS) is 10.2. The molecule has 0 bridgehead atoms. The summed E-state index contributed by atoms with van der Waals surface area (Å²) in [4.78, 5) is 14.6. The van der Waals surface area contributed by atoms with Crippen molar-refractivity contribution in [2.75, 3.05) is 0 Å². The quantitative estimate of drug-likeness (QED) is 0.744. The zero-order valence-electron chi connectivity index (χ0n) is 7.13. The third-order valence-electron chi connectivity index (χ3n) is 1.57. The van der Waals surface area contributed by atoms with E-state index in [0.29, 0.717) is 24.4 Å². The number of carboxylic acid groups (broad SMARTS) is 1. The van der Waals surface area contributed by atoms with Crippen LogP contribution in [0.2, 0.25) is 0 Å². The molecule has 0 aromatic carbocycles. The van der Waals surface area contributed by atoms with Gasteiger partial charge in [0.05, 0.1) is 5.69 Å². The highest BCUT2D eigenvalue weighted by atomic mass is 16.4. The molecule has 0 atom stereocenters. The maximum absolute atomic E-state index is 10.6. The Bertz CT molecular complexity index is 290. The fourth-order valence-electron chi connectivity index (χ4n) is 0.959. The van der Waals surface area contributed by atoms with Gasteiger partial charge in [-0.2, -0.15) is 0 Å². The Morgan fingerprint density at radius 1 is 1.50 bits per heavy atom. The minimum Gasteiger partial charge on any atom is -0.475 e. The van der Waals surface area contributed by atoms with E-state index < -0.39 is 5.97 Å². The molecule has 0 aliphatic carbocycles. The van der Waals surface area contributed by atoms with E-state index in [1.807, 2.05) is 13.8 Å². The Morgan fingerprint density at radius 2 is 2.17 bits per heavy atom. The first-order valence-electron chi connectivity index (χ1n) is 3.90. The van der Waals surface area contributed by atoms with Crippen LogP contribution in [-0.4, -0.2) is 16.1 Å². The molecule has 12 heavy (non-hydrogen) atoms. The Morgan fingerprint density at radius 3 is 2.50 bits per heavy atom. The third kappa shape index (κ3) is 1.47. The van der Waals surface area contributed by atoms with Crippen LogP contribution in [0.5, 0.6) is 0 Å². The van der Waals surface area contributed by atoms with Crippen LogP contribution in [0.4, 0.5) is 0 Å². The molecular weight excluding hydrogens is 158 g/mol. The van der Waals surface area contributed by atoms with Crippen molar-refractivity contribution < 1.29 is 14.3 Å². The molecule has 1 aromatic heterocycles. The molecule has 1 rings (SSSR count). The number of nitrogens with zero attached hydrogens (tertiary/aromatic N) is 1. The average molecular weight is 169 g/mol. The lowest BCUT2D eigenvalue weighted by Crippen LogP contribution is -1.98. The first-order chi connectivity index (χ1) is 5.69. The third-order valence-corrected chi connectivity index (χ3v) is 1.57. The summed E-state index contributed by atoms with van der Waals surface area (Å²) >= 11 is 0. The fraction of sp³-hybridized carbons (Fsp3) is 0.500. The summed E-state index contributed by atoms with van der Waals surface area (Å²) < 4.78 is 5.01. The van der Waals surface area contributed by atoms with Crippen molar-refractivity contribution in [3.8, 4) is 0 Å². The number of hydrogen-bond acceptors (Lipinski definition) is 3. The van der Waals surface area contributed by atoms with E-state index in [4.69, 9.17) is 9.52 Å². The lowest BCUT2D eigenvalue weighted by molar-refractivity contribution is 0.0659. The molecule has 0 unspecified atom stereocenters. The van der Waals surface area contributed by atoms with Gasteiger partial charge in [-0.3, -0.25) is 0 Å². The maximum atomic E-state index is 10.6. The monoisotopic (exact) mass is 169 g/mol. The molecule has 0 aliphatic rings. The van der Waals surface area contributed by atoms with Gasteiger partial charge in [-0.15, -0.1) is 0 Å². The van der Waals surface area contributed by atoms with Gasteiger partial charge in [0, 0.05) is 6.42 Å². The molecule has 4 heteroatoms. The maximum Gasteiger partial charge on any atom is 0.373 e. The molecule has 66 valence electrons. The smallest absolute Gasteiger partial charge is 0.373 e. The highest BCUT2D eigenvalue weighted by molar-refractivity contribution is 5.85. The van der Waals surface area contributed by atoms with Gasteiger partial charge in [0.2, 0.25) is 5.76 Å². The second-order valence-corrected chi connectivity index (χ2v) is 2.40. The van der Waals surface area contributed by atoms with Crippen molar-refractivity contribution in [2.45, 2.75) is 26.7 Å². The van der Waals surface area contributed by atoms with E-state index in [-0.39, 0.29) is 5.76 Å². The molecular formula is C8H11NO3. The standard InChI is InChI=1S/C8H11NO3/c1-3-5-7(8(10)11)12-6(4-2)9-5/h3-4H2,1-2H3,(H,10,11). The van der Waals surface area contributed by atoms with Crippen molar-refractivity contribution in [2.24, 2.45) is 0 Å². The molecule has 1 aromatic rings. The number of aryl methyl sites for hydroxylation is 2.